The van der Waals surface area contributed by atoms with Crippen LogP contribution in [0.5, 0.6) is 11.5 Å². The van der Waals surface area contributed by atoms with Crippen LogP contribution in [-0.4, -0.2) is 46.1 Å². The number of primary amides is 1. The molecule has 21 heteroatoms. The summed E-state index contributed by atoms with van der Waals surface area (Å²) in [6.07, 6.45) is 0. The van der Waals surface area contributed by atoms with Crippen LogP contribution in [0.2, 0.25) is 16.6 Å². The lowest BCUT2D eigenvalue weighted by molar-refractivity contribution is 0.0729. The second kappa shape index (κ2) is 24.7. The highest BCUT2D eigenvalue weighted by Crippen LogP contribution is 2.50. The van der Waals surface area contributed by atoms with Crippen LogP contribution in [0.3, 0.4) is 0 Å². The molecule has 2 atom stereocenters. The molecule has 7 aromatic carbocycles. The highest BCUT2D eigenvalue weighted by molar-refractivity contribution is 8.15. The number of hydrogen-bond donors (Lipinski definition) is 1. The number of carbonyl (C=O) groups is 3. The largest absolute Gasteiger partial charge is 0.542 e. The van der Waals surface area contributed by atoms with Crippen molar-refractivity contribution >= 4 is 59.7 Å². The molecule has 414 valence electrons. The molecule has 0 fully saturated rings. The smallest absolute Gasteiger partial charge is 0.281 e. The van der Waals surface area contributed by atoms with Crippen molar-refractivity contribution in [1.29, 1.82) is 0 Å². The summed E-state index contributed by atoms with van der Waals surface area (Å²) < 4.78 is 126. The quantitative estimate of drug-likeness (QED) is 0.0800. The molecule has 0 spiro atoms. The molecule has 0 bridgehead atoms. The maximum atomic E-state index is 14.7. The Labute approximate surface area is 465 Å². The maximum Gasteiger partial charge on any atom is 0.281 e. The van der Waals surface area contributed by atoms with Crippen molar-refractivity contribution in [3.63, 3.8) is 0 Å². The third-order valence-electron chi connectivity index (χ3n) is 13.3. The van der Waals surface area contributed by atoms with Crippen molar-refractivity contribution in [1.82, 2.24) is 10.0 Å². The fraction of sp³-hybridized carbons (Fsp3) is 0.203. The first kappa shape index (κ1) is 58.4. The van der Waals surface area contributed by atoms with Gasteiger partial charge in [-0.25, -0.2) is 45.1 Å². The second-order valence-corrected chi connectivity index (χ2v) is 26.9. The molecule has 10 nitrogen and oxygen atoms in total. The van der Waals surface area contributed by atoms with E-state index in [1.165, 1.54) is 60.3 Å². The van der Waals surface area contributed by atoms with Crippen LogP contribution in [0, 0.1) is 46.5 Å². The van der Waals surface area contributed by atoms with E-state index in [-0.39, 0.29) is 28.3 Å². The number of amides is 3. The van der Waals surface area contributed by atoms with Gasteiger partial charge in [0.2, 0.25) is 5.91 Å². The number of carbonyl (C=O) groups excluding carboxylic acids is 3. The van der Waals surface area contributed by atoms with E-state index in [1.807, 2.05) is 12.1 Å². The molecular formula is C59H51F8N5O5S2Si. The number of ether oxygens (including phenoxy) is 1. The van der Waals surface area contributed by atoms with Crippen LogP contribution in [0.4, 0.5) is 35.1 Å². The summed E-state index contributed by atoms with van der Waals surface area (Å²) in [4.78, 5) is 38.7. The fourth-order valence-electron chi connectivity index (χ4n) is 9.62. The molecule has 7 aromatic rings. The van der Waals surface area contributed by atoms with Gasteiger partial charge in [0.25, 0.3) is 20.1 Å². The number of para-hydroxylation sites is 2. The molecule has 2 N–H and O–H groups in total. The molecule has 3 amide bonds. The maximum absolute atomic E-state index is 14.7. The summed E-state index contributed by atoms with van der Waals surface area (Å²) in [7, 11) is -2.43. The number of nitrogens with two attached hydrogens (primary N) is 1. The monoisotopic (exact) mass is 1150 g/mol. The van der Waals surface area contributed by atoms with Crippen molar-refractivity contribution in [3.8, 4) is 11.5 Å². The Morgan fingerprint density at radius 2 is 0.925 bits per heavy atom. The van der Waals surface area contributed by atoms with Gasteiger partial charge in [0.1, 0.15) is 96.6 Å². The van der Waals surface area contributed by atoms with Gasteiger partial charge in [-0.15, -0.1) is 0 Å². The van der Waals surface area contributed by atoms with Crippen molar-refractivity contribution in [2.75, 3.05) is 0 Å². The summed E-state index contributed by atoms with van der Waals surface area (Å²) in [5.74, 6) is -10.6. The van der Waals surface area contributed by atoms with Crippen LogP contribution in [-0.2, 0) is 6.61 Å². The number of thioether (sulfide) groups is 2. The number of hydrazone groups is 2. The van der Waals surface area contributed by atoms with Crippen molar-refractivity contribution in [2.45, 2.75) is 75.5 Å². The minimum atomic E-state index is -2.43. The van der Waals surface area contributed by atoms with E-state index >= 15 is 0 Å². The number of hydrogen-bond acceptors (Lipinski definition) is 9. The van der Waals surface area contributed by atoms with Gasteiger partial charge in [0.15, 0.2) is 0 Å². The van der Waals surface area contributed by atoms with Crippen molar-refractivity contribution in [2.24, 2.45) is 15.9 Å². The Hall–Kier alpha value is -7.75. The second-order valence-electron chi connectivity index (χ2n) is 19.4. The average Bonchev–Trinajstić information content (AvgIpc) is 4.08. The van der Waals surface area contributed by atoms with Gasteiger partial charge in [0.05, 0.1) is 0 Å². The summed E-state index contributed by atoms with van der Waals surface area (Å²) in [6, 6.07) is 33.2. The van der Waals surface area contributed by atoms with Gasteiger partial charge < -0.3 is 14.9 Å². The standard InChI is InChI=1S/C30H32F4N2O2SSi.C29H19F4N3O3S/c1-17(2)40(18(3)4,19(5)6)38-26-10-8-7-9-23(26)30-36(29(37)27-24(33)15-22(32)16-25(27)34)35-28(39-30)20-11-13-21(31)14-12-20;30-19-10-8-17(9-11-19)27-35-36(28(38)25-22(32)13-20(31)14-23(25)33)29(40-27)21-6-1-2-7-24(21)39-15-16-4-3-5-18(12-16)26(34)37/h7-19,30H,1-6H3;1-14,29H,15H2,(H2,34,37). The zero-order valence-electron chi connectivity index (χ0n) is 43.7. The van der Waals surface area contributed by atoms with Crippen molar-refractivity contribution < 1.29 is 58.7 Å². The van der Waals surface area contributed by atoms with Crippen LogP contribution in [0.25, 0.3) is 0 Å². The highest BCUT2D eigenvalue weighted by Gasteiger charge is 2.48. The normalized spacial score (nSPS) is 15.2. The molecule has 0 radical (unpaired) electrons. The summed E-state index contributed by atoms with van der Waals surface area (Å²) >= 11 is 2.27. The first-order valence-electron chi connectivity index (χ1n) is 24.9. The Kier molecular flexibility index (Phi) is 18.0. The summed E-state index contributed by atoms with van der Waals surface area (Å²) in [6.45, 7) is 13.0. The zero-order valence-corrected chi connectivity index (χ0v) is 46.3. The van der Waals surface area contributed by atoms with E-state index in [0.29, 0.717) is 74.2 Å². The van der Waals surface area contributed by atoms with Crippen LogP contribution in [0.1, 0.15) is 111 Å². The number of halogens is 8. The lowest BCUT2D eigenvalue weighted by Crippen LogP contribution is -2.51. The first-order valence-corrected chi connectivity index (χ1v) is 28.8. The van der Waals surface area contributed by atoms with Gasteiger partial charge in [0, 0.05) is 52.1 Å². The van der Waals surface area contributed by atoms with Gasteiger partial charge in [-0.1, -0.05) is 114 Å². The Bertz CT molecular complexity index is 3470. The molecule has 2 aliphatic rings. The predicted molar refractivity (Wildman–Crippen MR) is 295 cm³/mol. The SMILES string of the molecule is CC(C)[Si](Oc1ccccc1C1SC(c2ccc(F)cc2)=NN1C(=O)c1c(F)cc(F)cc1F)(C(C)C)C(C)C.NC(=O)c1cccc(COc2ccccc2C2SC(c3ccc(F)cc3)=NN2C(=O)c2c(F)cc(F)cc2F)c1. The molecule has 0 saturated carbocycles. The van der Waals surface area contributed by atoms with E-state index in [4.69, 9.17) is 14.9 Å². The molecule has 2 aliphatic heterocycles. The average molecular weight is 1150 g/mol. The van der Waals surface area contributed by atoms with E-state index in [1.54, 1.807) is 60.7 Å². The predicted octanol–water partition coefficient (Wildman–Crippen LogP) is 15.2. The molecule has 2 unspecified atom stereocenters. The van der Waals surface area contributed by atoms with Crippen LogP contribution in [0.15, 0.2) is 156 Å². The number of benzene rings is 7. The van der Waals surface area contributed by atoms with E-state index in [9.17, 15) is 49.5 Å². The minimum absolute atomic E-state index is 0.0381. The van der Waals surface area contributed by atoms with Crippen molar-refractivity contribution in [3.05, 3.63) is 237 Å². The number of nitrogens with zero attached hydrogens (tertiary/aromatic N) is 4. The molecule has 0 aliphatic carbocycles. The van der Waals surface area contributed by atoms with Crippen LogP contribution < -0.4 is 14.9 Å². The highest BCUT2D eigenvalue weighted by atomic mass is 32.2. The van der Waals surface area contributed by atoms with E-state index in [2.05, 4.69) is 51.7 Å². The molecular weight excluding hydrogens is 1100 g/mol. The topological polar surface area (TPSA) is 127 Å². The van der Waals surface area contributed by atoms with Gasteiger partial charge in [-0.2, -0.15) is 10.2 Å². The molecule has 2 heterocycles. The third-order valence-corrected chi connectivity index (χ3v) is 21.7. The lowest BCUT2D eigenvalue weighted by Gasteiger charge is -2.43. The van der Waals surface area contributed by atoms with Gasteiger partial charge in [-0.05, 0) is 95.0 Å². The van der Waals surface area contributed by atoms with Gasteiger partial charge >= 0.3 is 0 Å². The summed E-state index contributed by atoms with van der Waals surface area (Å²) in [5, 5.41) is 9.48. The Balaban J connectivity index is 0.000000210. The summed E-state index contributed by atoms with van der Waals surface area (Å²) in [5.41, 5.74) is 7.26. The van der Waals surface area contributed by atoms with E-state index in [0.717, 1.165) is 21.8 Å². The molecule has 9 rings (SSSR count). The van der Waals surface area contributed by atoms with Crippen LogP contribution >= 0.6 is 23.5 Å². The lowest BCUT2D eigenvalue weighted by atomic mass is 10.1. The Morgan fingerprint density at radius 3 is 1.34 bits per heavy atom. The van der Waals surface area contributed by atoms with Gasteiger partial charge in [-0.3, -0.25) is 14.4 Å². The fourth-order valence-corrected chi connectivity index (χ4v) is 17.3. The zero-order chi connectivity index (χ0) is 57.7. The number of rotatable bonds is 15. The first-order chi connectivity index (χ1) is 38.1. The minimum Gasteiger partial charge on any atom is -0.542 e. The third kappa shape index (κ3) is 12.5. The molecule has 80 heavy (non-hydrogen) atoms. The molecule has 0 aromatic heterocycles. The Morgan fingerprint density at radius 1 is 0.525 bits per heavy atom. The molecule has 0 saturated heterocycles. The van der Waals surface area contributed by atoms with E-state index < -0.39 is 94.5 Å².